The number of non-ortho nitro benzene ring substituents is 1. The molecule has 1 amide bonds. The van der Waals surface area contributed by atoms with Gasteiger partial charge < -0.3 is 9.47 Å². The first-order valence-corrected chi connectivity index (χ1v) is 10.6. The summed E-state index contributed by atoms with van der Waals surface area (Å²) in [4.78, 5) is 29.5. The summed E-state index contributed by atoms with van der Waals surface area (Å²) in [5, 5.41) is 11.4. The summed E-state index contributed by atoms with van der Waals surface area (Å²) < 4.78 is 11.2. The average Bonchev–Trinajstić information content (AvgIpc) is 3.22. The maximum absolute atomic E-state index is 13.1. The molecule has 0 unspecified atom stereocenters. The van der Waals surface area contributed by atoms with E-state index in [1.54, 1.807) is 35.2 Å². The normalized spacial score (nSPS) is 13.1. The molecule has 1 aliphatic heterocycles. The highest BCUT2D eigenvalue weighted by Crippen LogP contribution is 2.30. The van der Waals surface area contributed by atoms with E-state index in [1.807, 2.05) is 13.8 Å². The number of aliphatic imine (C=N–C) groups is 1. The van der Waals surface area contributed by atoms with Gasteiger partial charge in [-0.2, -0.15) is 0 Å². The Morgan fingerprint density at radius 1 is 1.13 bits per heavy atom. The molecule has 0 aliphatic carbocycles. The second kappa shape index (κ2) is 10.1. The highest BCUT2D eigenvalue weighted by atomic mass is 32.2. The second-order valence-electron chi connectivity index (χ2n) is 6.36. The molecule has 1 heterocycles. The Morgan fingerprint density at radius 3 is 2.50 bits per heavy atom. The Morgan fingerprint density at radius 2 is 1.83 bits per heavy atom. The van der Waals surface area contributed by atoms with Crippen LogP contribution in [0.2, 0.25) is 0 Å². The van der Waals surface area contributed by atoms with Crippen LogP contribution in [0.5, 0.6) is 11.5 Å². The second-order valence-corrected chi connectivity index (χ2v) is 7.30. The van der Waals surface area contributed by atoms with E-state index in [-0.39, 0.29) is 11.6 Å². The predicted octanol–water partition coefficient (Wildman–Crippen LogP) is 4.14. The molecule has 0 aromatic heterocycles. The van der Waals surface area contributed by atoms with E-state index in [1.165, 1.54) is 23.9 Å². The van der Waals surface area contributed by atoms with Crippen molar-refractivity contribution in [3.05, 3.63) is 63.7 Å². The lowest BCUT2D eigenvalue weighted by atomic mass is 10.1. The zero-order valence-electron chi connectivity index (χ0n) is 16.9. The van der Waals surface area contributed by atoms with Gasteiger partial charge in [0.25, 0.3) is 11.6 Å². The number of thioether (sulfide) groups is 1. The first kappa shape index (κ1) is 21.6. The van der Waals surface area contributed by atoms with E-state index >= 15 is 0 Å². The highest BCUT2D eigenvalue weighted by molar-refractivity contribution is 8.13. The molecule has 0 atom stereocenters. The monoisotopic (exact) mass is 429 g/mol. The van der Waals surface area contributed by atoms with Gasteiger partial charge in [0.1, 0.15) is 0 Å². The number of nitro groups is 1. The van der Waals surface area contributed by atoms with Crippen LogP contribution in [0.15, 0.2) is 47.5 Å². The molecule has 9 heteroatoms. The minimum Gasteiger partial charge on any atom is -0.490 e. The summed E-state index contributed by atoms with van der Waals surface area (Å²) >= 11 is 1.44. The van der Waals surface area contributed by atoms with E-state index in [0.29, 0.717) is 54.3 Å². The summed E-state index contributed by atoms with van der Waals surface area (Å²) in [6, 6.07) is 11.6. The van der Waals surface area contributed by atoms with Gasteiger partial charge in [0.05, 0.1) is 24.7 Å². The number of ether oxygens (including phenoxy) is 2. The topological polar surface area (TPSA) is 94.3 Å². The van der Waals surface area contributed by atoms with Gasteiger partial charge in [-0.1, -0.05) is 23.9 Å². The van der Waals surface area contributed by atoms with Gasteiger partial charge >= 0.3 is 0 Å². The summed E-state index contributed by atoms with van der Waals surface area (Å²) in [6.45, 7) is 5.81. The fraction of sp³-hybridized carbons (Fsp3) is 0.333. The quantitative estimate of drug-likeness (QED) is 0.462. The molecule has 0 fully saturated rings. The molecule has 0 radical (unpaired) electrons. The number of amides is 1. The number of hydrogen-bond donors (Lipinski definition) is 0. The first-order valence-electron chi connectivity index (χ1n) is 9.65. The molecule has 0 saturated heterocycles. The van der Waals surface area contributed by atoms with Crippen LogP contribution >= 0.6 is 11.8 Å². The summed E-state index contributed by atoms with van der Waals surface area (Å²) in [5.74, 6) is 1.57. The van der Waals surface area contributed by atoms with Crippen molar-refractivity contribution in [1.29, 1.82) is 0 Å². The molecule has 30 heavy (non-hydrogen) atoms. The van der Waals surface area contributed by atoms with Crippen molar-refractivity contribution < 1.29 is 19.2 Å². The van der Waals surface area contributed by atoms with Gasteiger partial charge in [-0.15, -0.1) is 0 Å². The van der Waals surface area contributed by atoms with E-state index in [2.05, 4.69) is 4.99 Å². The van der Waals surface area contributed by atoms with Gasteiger partial charge in [-0.25, -0.2) is 0 Å². The van der Waals surface area contributed by atoms with Crippen LogP contribution < -0.4 is 9.47 Å². The number of rotatable bonds is 8. The number of amidine groups is 1. The summed E-state index contributed by atoms with van der Waals surface area (Å²) in [6.07, 6.45) is 0. The summed E-state index contributed by atoms with van der Waals surface area (Å²) in [5.41, 5.74) is 1.49. The first-order chi connectivity index (χ1) is 14.5. The van der Waals surface area contributed by atoms with Crippen LogP contribution in [-0.2, 0) is 5.75 Å². The third-order valence-corrected chi connectivity index (χ3v) is 5.44. The third kappa shape index (κ3) is 5.10. The van der Waals surface area contributed by atoms with Crippen molar-refractivity contribution in [3.63, 3.8) is 0 Å². The van der Waals surface area contributed by atoms with E-state index < -0.39 is 4.92 Å². The van der Waals surface area contributed by atoms with Gasteiger partial charge in [0.15, 0.2) is 16.7 Å². The van der Waals surface area contributed by atoms with Crippen molar-refractivity contribution >= 4 is 28.5 Å². The Hall–Kier alpha value is -3.07. The fourth-order valence-corrected chi connectivity index (χ4v) is 3.94. The third-order valence-electron chi connectivity index (χ3n) is 4.35. The van der Waals surface area contributed by atoms with Crippen LogP contribution in [0.4, 0.5) is 5.69 Å². The number of carbonyl (C=O) groups is 1. The van der Waals surface area contributed by atoms with Gasteiger partial charge in [0.2, 0.25) is 0 Å². The lowest BCUT2D eigenvalue weighted by molar-refractivity contribution is -0.384. The Bertz CT molecular complexity index is 946. The zero-order valence-corrected chi connectivity index (χ0v) is 17.7. The lowest BCUT2D eigenvalue weighted by Gasteiger charge is -2.19. The van der Waals surface area contributed by atoms with Crippen LogP contribution in [0.3, 0.4) is 0 Å². The minimum atomic E-state index is -0.425. The van der Waals surface area contributed by atoms with Crippen LogP contribution in [0, 0.1) is 10.1 Å². The number of carbonyl (C=O) groups excluding carboxylic acids is 1. The maximum atomic E-state index is 13.1. The molecule has 8 nitrogen and oxygen atoms in total. The molecule has 0 spiro atoms. The van der Waals surface area contributed by atoms with Crippen molar-refractivity contribution in [3.8, 4) is 11.5 Å². The largest absolute Gasteiger partial charge is 0.490 e. The molecular weight excluding hydrogens is 406 g/mol. The standard InChI is InChI=1S/C21H23N3O5S/c1-3-28-18-10-7-16(13-19(18)29-4-2)20(25)23-12-11-22-21(23)30-14-15-5-8-17(9-6-15)24(26)27/h5-10,13H,3-4,11-12,14H2,1-2H3. The molecule has 158 valence electrons. The van der Waals surface area contributed by atoms with Crippen LogP contribution in [0.25, 0.3) is 0 Å². The van der Waals surface area contributed by atoms with Gasteiger partial charge in [0, 0.05) is 30.0 Å². The van der Waals surface area contributed by atoms with E-state index in [4.69, 9.17) is 9.47 Å². The number of hydrogen-bond acceptors (Lipinski definition) is 7. The average molecular weight is 429 g/mol. The maximum Gasteiger partial charge on any atom is 0.269 e. The predicted molar refractivity (Wildman–Crippen MR) is 117 cm³/mol. The molecule has 2 aromatic carbocycles. The van der Waals surface area contributed by atoms with Crippen LogP contribution in [-0.4, -0.2) is 47.2 Å². The van der Waals surface area contributed by atoms with Crippen molar-refractivity contribution in [2.45, 2.75) is 19.6 Å². The van der Waals surface area contributed by atoms with Gasteiger partial charge in [-0.05, 0) is 37.6 Å². The lowest BCUT2D eigenvalue weighted by Crippen LogP contribution is -2.32. The number of nitro benzene ring substituents is 1. The van der Waals surface area contributed by atoms with Crippen molar-refractivity contribution in [2.24, 2.45) is 4.99 Å². The van der Waals surface area contributed by atoms with Crippen molar-refractivity contribution in [2.75, 3.05) is 26.3 Å². The SMILES string of the molecule is CCOc1ccc(C(=O)N2CCN=C2SCc2ccc([N+](=O)[O-])cc2)cc1OCC. The number of benzene rings is 2. The smallest absolute Gasteiger partial charge is 0.269 e. The Labute approximate surface area is 179 Å². The van der Waals surface area contributed by atoms with E-state index in [0.717, 1.165) is 5.56 Å². The number of nitrogens with zero attached hydrogens (tertiary/aromatic N) is 3. The summed E-state index contributed by atoms with van der Waals surface area (Å²) in [7, 11) is 0. The fourth-order valence-electron chi connectivity index (χ4n) is 2.94. The van der Waals surface area contributed by atoms with Crippen molar-refractivity contribution in [1.82, 2.24) is 4.90 Å². The molecule has 1 aliphatic rings. The molecule has 0 saturated carbocycles. The molecule has 3 rings (SSSR count). The molecule has 2 aromatic rings. The van der Waals surface area contributed by atoms with E-state index in [9.17, 15) is 14.9 Å². The molecule has 0 N–H and O–H groups in total. The Kier molecular flexibility index (Phi) is 7.29. The molecular formula is C21H23N3O5S. The minimum absolute atomic E-state index is 0.0550. The molecule has 0 bridgehead atoms. The van der Waals surface area contributed by atoms with Crippen LogP contribution in [0.1, 0.15) is 29.8 Å². The Balaban J connectivity index is 1.69. The van der Waals surface area contributed by atoms with Gasteiger partial charge in [-0.3, -0.25) is 24.8 Å². The highest BCUT2D eigenvalue weighted by Gasteiger charge is 2.26. The zero-order chi connectivity index (χ0) is 21.5.